The lowest BCUT2D eigenvalue weighted by atomic mass is 9.99. The van der Waals surface area contributed by atoms with Gasteiger partial charge in [0, 0.05) is 17.6 Å². The van der Waals surface area contributed by atoms with Gasteiger partial charge in [0.2, 0.25) is 10.0 Å². The molecule has 1 aliphatic carbocycles. The summed E-state index contributed by atoms with van der Waals surface area (Å²) in [4.78, 5) is 0.187. The predicted octanol–water partition coefficient (Wildman–Crippen LogP) is 0.791. The number of rotatable bonds is 1. The van der Waals surface area contributed by atoms with Crippen LogP contribution in [0, 0.1) is 0 Å². The molecule has 1 heterocycles. The van der Waals surface area contributed by atoms with Crippen molar-refractivity contribution in [3.8, 4) is 0 Å². The van der Waals surface area contributed by atoms with Crippen molar-refractivity contribution in [1.82, 2.24) is 0 Å². The first-order valence-corrected chi connectivity index (χ1v) is 6.47. The number of nitrogens with one attached hydrogen (secondary N) is 1. The van der Waals surface area contributed by atoms with E-state index in [1.807, 2.05) is 6.07 Å². The van der Waals surface area contributed by atoms with Crippen LogP contribution in [0.2, 0.25) is 0 Å². The van der Waals surface area contributed by atoms with Gasteiger partial charge < -0.3 is 5.32 Å². The number of hydrogen-bond acceptors (Lipinski definition) is 3. The molecule has 0 unspecified atom stereocenters. The summed E-state index contributed by atoms with van der Waals surface area (Å²) < 4.78 is 22.3. The van der Waals surface area contributed by atoms with Crippen LogP contribution in [0.1, 0.15) is 18.4 Å². The van der Waals surface area contributed by atoms with Gasteiger partial charge in [-0.25, -0.2) is 13.6 Å². The Hall–Kier alpha value is -1.07. The van der Waals surface area contributed by atoms with Gasteiger partial charge in [-0.2, -0.15) is 0 Å². The monoisotopic (exact) mass is 224 g/mol. The van der Waals surface area contributed by atoms with E-state index in [0.29, 0.717) is 5.41 Å². The zero-order valence-electron chi connectivity index (χ0n) is 8.16. The lowest BCUT2D eigenvalue weighted by molar-refractivity contribution is 0.598. The number of benzene rings is 1. The van der Waals surface area contributed by atoms with Crippen molar-refractivity contribution in [3.63, 3.8) is 0 Å². The van der Waals surface area contributed by atoms with Crippen molar-refractivity contribution < 1.29 is 8.42 Å². The average Bonchev–Trinajstić information content (AvgIpc) is 2.84. The van der Waals surface area contributed by atoms with Crippen molar-refractivity contribution in [3.05, 3.63) is 23.8 Å². The van der Waals surface area contributed by atoms with Crippen LogP contribution in [0.15, 0.2) is 23.1 Å². The van der Waals surface area contributed by atoms with Gasteiger partial charge in [-0.15, -0.1) is 0 Å². The normalized spacial score (nSPS) is 21.1. The molecule has 0 saturated heterocycles. The molecule has 0 amide bonds. The SMILES string of the molecule is NS(=O)(=O)c1ccc2c(c1)NCC21CC1. The number of fused-ring (bicyclic) bond motifs is 2. The number of primary sulfonamides is 1. The predicted molar refractivity (Wildman–Crippen MR) is 57.2 cm³/mol. The molecule has 4 nitrogen and oxygen atoms in total. The lowest BCUT2D eigenvalue weighted by Gasteiger charge is -2.06. The molecule has 0 radical (unpaired) electrons. The molecule has 2 aliphatic rings. The van der Waals surface area contributed by atoms with Crippen LogP contribution in [0.4, 0.5) is 5.69 Å². The molecular weight excluding hydrogens is 212 g/mol. The maximum Gasteiger partial charge on any atom is 0.238 e. The largest absolute Gasteiger partial charge is 0.384 e. The highest BCUT2D eigenvalue weighted by molar-refractivity contribution is 7.89. The summed E-state index contributed by atoms with van der Waals surface area (Å²) in [5.41, 5.74) is 2.47. The molecule has 3 N–H and O–H groups in total. The van der Waals surface area contributed by atoms with Crippen LogP contribution >= 0.6 is 0 Å². The molecule has 0 atom stereocenters. The molecule has 15 heavy (non-hydrogen) atoms. The van der Waals surface area contributed by atoms with Gasteiger partial charge in [-0.3, -0.25) is 0 Å². The highest BCUT2D eigenvalue weighted by atomic mass is 32.2. The molecule has 3 rings (SSSR count). The van der Waals surface area contributed by atoms with Gasteiger partial charge in [-0.05, 0) is 30.5 Å². The Morgan fingerprint density at radius 3 is 2.67 bits per heavy atom. The second-order valence-electron chi connectivity index (χ2n) is 4.39. The molecule has 1 aliphatic heterocycles. The fraction of sp³-hybridized carbons (Fsp3) is 0.400. The van der Waals surface area contributed by atoms with Crippen molar-refractivity contribution in [2.75, 3.05) is 11.9 Å². The summed E-state index contributed by atoms with van der Waals surface area (Å²) in [6, 6.07) is 5.13. The number of anilines is 1. The Labute approximate surface area is 88.5 Å². The number of sulfonamides is 1. The minimum Gasteiger partial charge on any atom is -0.384 e. The molecule has 0 aromatic heterocycles. The molecule has 1 aromatic carbocycles. The second kappa shape index (κ2) is 2.54. The maximum atomic E-state index is 11.2. The number of nitrogens with two attached hydrogens (primary N) is 1. The van der Waals surface area contributed by atoms with Crippen LogP contribution < -0.4 is 10.5 Å². The molecule has 5 heteroatoms. The first kappa shape index (κ1) is 9.18. The van der Waals surface area contributed by atoms with E-state index in [1.54, 1.807) is 12.1 Å². The number of hydrogen-bond donors (Lipinski definition) is 2. The Kier molecular flexibility index (Phi) is 1.55. The smallest absolute Gasteiger partial charge is 0.238 e. The third-order valence-electron chi connectivity index (χ3n) is 3.36. The molecule has 1 spiro atoms. The summed E-state index contributed by atoms with van der Waals surface area (Å²) >= 11 is 0. The molecule has 1 fully saturated rings. The van der Waals surface area contributed by atoms with Crippen molar-refractivity contribution >= 4 is 15.7 Å². The van der Waals surface area contributed by atoms with Gasteiger partial charge in [0.05, 0.1) is 4.90 Å². The van der Waals surface area contributed by atoms with Gasteiger partial charge in [0.15, 0.2) is 0 Å². The van der Waals surface area contributed by atoms with Crippen LogP contribution in [0.3, 0.4) is 0 Å². The van der Waals surface area contributed by atoms with Crippen LogP contribution in [-0.4, -0.2) is 15.0 Å². The quantitative estimate of drug-likeness (QED) is 0.740. The summed E-state index contributed by atoms with van der Waals surface area (Å²) in [5, 5.41) is 8.32. The van der Waals surface area contributed by atoms with Crippen molar-refractivity contribution in [2.45, 2.75) is 23.2 Å². The molecular formula is C10H12N2O2S. The third kappa shape index (κ3) is 1.27. The topological polar surface area (TPSA) is 72.2 Å². The fourth-order valence-electron chi connectivity index (χ4n) is 2.27. The highest BCUT2D eigenvalue weighted by Crippen LogP contribution is 2.54. The minimum atomic E-state index is -3.58. The molecule has 1 aromatic rings. The first-order valence-electron chi connectivity index (χ1n) is 4.93. The van der Waals surface area contributed by atoms with Crippen LogP contribution in [-0.2, 0) is 15.4 Å². The van der Waals surface area contributed by atoms with Gasteiger partial charge in [0.25, 0.3) is 0 Å². The zero-order valence-corrected chi connectivity index (χ0v) is 8.97. The molecule has 80 valence electrons. The van der Waals surface area contributed by atoms with E-state index in [4.69, 9.17) is 5.14 Å². The standard InChI is InChI=1S/C10H12N2O2S/c11-15(13,14)7-1-2-8-9(5-7)12-6-10(8)3-4-10/h1-2,5,12H,3-4,6H2,(H2,11,13,14). The summed E-state index contributed by atoms with van der Waals surface area (Å²) in [6.07, 6.45) is 2.39. The maximum absolute atomic E-state index is 11.2. The van der Waals surface area contributed by atoms with E-state index in [9.17, 15) is 8.42 Å². The summed E-state index contributed by atoms with van der Waals surface area (Å²) in [7, 11) is -3.58. The fourth-order valence-corrected chi connectivity index (χ4v) is 2.81. The molecule has 0 bridgehead atoms. The van der Waals surface area contributed by atoms with Gasteiger partial charge in [-0.1, -0.05) is 6.07 Å². The van der Waals surface area contributed by atoms with Crippen molar-refractivity contribution in [1.29, 1.82) is 0 Å². The lowest BCUT2D eigenvalue weighted by Crippen LogP contribution is -2.12. The highest BCUT2D eigenvalue weighted by Gasteiger charge is 2.48. The summed E-state index contributed by atoms with van der Waals surface area (Å²) in [6.45, 7) is 0.927. The van der Waals surface area contributed by atoms with E-state index in [2.05, 4.69) is 5.32 Å². The molecule has 1 saturated carbocycles. The zero-order chi connectivity index (χ0) is 10.7. The van der Waals surface area contributed by atoms with Crippen molar-refractivity contribution in [2.24, 2.45) is 5.14 Å². The third-order valence-corrected chi connectivity index (χ3v) is 4.27. The Bertz CT molecular complexity index is 532. The Morgan fingerprint density at radius 2 is 2.07 bits per heavy atom. The second-order valence-corrected chi connectivity index (χ2v) is 5.95. The Morgan fingerprint density at radius 1 is 1.33 bits per heavy atom. The summed E-state index contributed by atoms with van der Waals surface area (Å²) in [5.74, 6) is 0. The van der Waals surface area contributed by atoms with Gasteiger partial charge in [0.1, 0.15) is 0 Å². The average molecular weight is 224 g/mol. The van der Waals surface area contributed by atoms with E-state index in [-0.39, 0.29) is 4.90 Å². The minimum absolute atomic E-state index is 0.187. The van der Waals surface area contributed by atoms with E-state index >= 15 is 0 Å². The first-order chi connectivity index (χ1) is 7.01. The van der Waals surface area contributed by atoms with Gasteiger partial charge >= 0.3 is 0 Å². The van der Waals surface area contributed by atoms with Crippen LogP contribution in [0.25, 0.3) is 0 Å². The Balaban J connectivity index is 2.13. The van der Waals surface area contributed by atoms with Crippen LogP contribution in [0.5, 0.6) is 0 Å². The van der Waals surface area contributed by atoms with E-state index < -0.39 is 10.0 Å². The van der Waals surface area contributed by atoms with E-state index in [0.717, 1.165) is 12.2 Å². The van der Waals surface area contributed by atoms with E-state index in [1.165, 1.54) is 18.4 Å².